The van der Waals surface area contributed by atoms with Crippen LogP contribution in [-0.4, -0.2) is 49.4 Å². The van der Waals surface area contributed by atoms with Gasteiger partial charge in [0.1, 0.15) is 11.8 Å². The summed E-state index contributed by atoms with van der Waals surface area (Å²) in [5, 5.41) is 16.1. The summed E-state index contributed by atoms with van der Waals surface area (Å²) >= 11 is 5.79. The van der Waals surface area contributed by atoms with Crippen LogP contribution in [0.15, 0.2) is 39.5 Å². The third-order valence-electron chi connectivity index (χ3n) is 3.80. The van der Waals surface area contributed by atoms with E-state index in [1.54, 1.807) is 51.8 Å². The summed E-state index contributed by atoms with van der Waals surface area (Å²) in [6.07, 6.45) is 1.60. The smallest absolute Gasteiger partial charge is 0.203 e. The van der Waals surface area contributed by atoms with E-state index in [1.165, 1.54) is 0 Å². The number of amidine groups is 2. The van der Waals surface area contributed by atoms with Crippen LogP contribution in [0.3, 0.4) is 0 Å². The van der Waals surface area contributed by atoms with Crippen molar-refractivity contribution in [2.24, 2.45) is 20.9 Å². The second-order valence-corrected chi connectivity index (χ2v) is 5.80. The fraction of sp³-hybridized carbons (Fsp3) is 0.235. The zero-order chi connectivity index (χ0) is 19.4. The molecule has 1 atom stereocenters. The van der Waals surface area contributed by atoms with Crippen molar-refractivity contribution in [3.8, 4) is 17.2 Å². The lowest BCUT2D eigenvalue weighted by Crippen LogP contribution is -2.25. The van der Waals surface area contributed by atoms with Gasteiger partial charge in [0.2, 0.25) is 5.75 Å². The Labute approximate surface area is 160 Å². The van der Waals surface area contributed by atoms with Gasteiger partial charge in [0.15, 0.2) is 22.5 Å². The number of nitrogens with zero attached hydrogens (tertiary/aromatic N) is 5. The highest BCUT2D eigenvalue weighted by Crippen LogP contribution is 2.37. The van der Waals surface area contributed by atoms with Crippen LogP contribution in [0.25, 0.3) is 0 Å². The maximum Gasteiger partial charge on any atom is 0.203 e. The van der Waals surface area contributed by atoms with E-state index in [-0.39, 0.29) is 11.0 Å². The van der Waals surface area contributed by atoms with Gasteiger partial charge in [0, 0.05) is 11.8 Å². The molecule has 0 fully saturated rings. The van der Waals surface area contributed by atoms with Crippen molar-refractivity contribution in [3.05, 3.63) is 40.7 Å². The number of nitrogens with two attached hydrogens (primary N) is 1. The summed E-state index contributed by atoms with van der Waals surface area (Å²) in [5.74, 6) is 1.71. The van der Waals surface area contributed by atoms with E-state index in [1.807, 2.05) is 0 Å². The number of hydrogen-bond donors (Lipinski definition) is 1. The molecule has 140 valence electrons. The Kier molecular flexibility index (Phi) is 5.51. The number of methoxy groups -OCH3 is 3. The number of ether oxygens (including phenoxy) is 3. The molecule has 2 aromatic rings. The van der Waals surface area contributed by atoms with Crippen molar-refractivity contribution in [1.29, 1.82) is 0 Å². The Bertz CT molecular complexity index is 902. The molecule has 1 aliphatic rings. The van der Waals surface area contributed by atoms with Gasteiger partial charge in [-0.25, -0.2) is 4.99 Å². The molecule has 0 aliphatic carbocycles. The van der Waals surface area contributed by atoms with E-state index in [0.29, 0.717) is 28.8 Å². The molecule has 0 bridgehead atoms. The summed E-state index contributed by atoms with van der Waals surface area (Å²) in [4.78, 5) is 4.41. The molecule has 1 aromatic carbocycles. The van der Waals surface area contributed by atoms with E-state index in [9.17, 15) is 0 Å². The van der Waals surface area contributed by atoms with E-state index in [2.05, 4.69) is 25.4 Å². The van der Waals surface area contributed by atoms with E-state index >= 15 is 0 Å². The summed E-state index contributed by atoms with van der Waals surface area (Å²) < 4.78 is 16.0. The number of hydrogen-bond acceptors (Lipinski definition) is 9. The molecule has 1 aliphatic heterocycles. The minimum atomic E-state index is -0.493. The number of halogens is 1. The summed E-state index contributed by atoms with van der Waals surface area (Å²) in [6, 6.07) is 6.86. The van der Waals surface area contributed by atoms with Crippen LogP contribution < -0.4 is 19.9 Å². The maximum atomic E-state index is 5.94. The maximum absolute atomic E-state index is 5.94. The lowest BCUT2D eigenvalue weighted by Gasteiger charge is -2.13. The van der Waals surface area contributed by atoms with E-state index in [0.717, 1.165) is 5.56 Å². The Morgan fingerprint density at radius 3 is 2.30 bits per heavy atom. The molecule has 2 heterocycles. The van der Waals surface area contributed by atoms with Crippen LogP contribution in [0.4, 0.5) is 0 Å². The fourth-order valence-electron chi connectivity index (χ4n) is 2.54. The monoisotopic (exact) mass is 388 g/mol. The average Bonchev–Trinajstić information content (AvgIpc) is 3.06. The summed E-state index contributed by atoms with van der Waals surface area (Å²) in [6.45, 7) is 0. The largest absolute Gasteiger partial charge is 0.493 e. The Hall–Kier alpha value is -3.20. The predicted molar refractivity (Wildman–Crippen MR) is 103 cm³/mol. The molecule has 0 saturated heterocycles. The van der Waals surface area contributed by atoms with Crippen LogP contribution in [-0.2, 0) is 0 Å². The highest BCUT2D eigenvalue weighted by molar-refractivity contribution is 6.29. The van der Waals surface area contributed by atoms with Crippen LogP contribution in [0.5, 0.6) is 17.2 Å². The number of aromatic nitrogens is 2. The Morgan fingerprint density at radius 1 is 1.04 bits per heavy atom. The van der Waals surface area contributed by atoms with Gasteiger partial charge >= 0.3 is 0 Å². The molecule has 2 N–H and O–H groups in total. The van der Waals surface area contributed by atoms with E-state index < -0.39 is 5.92 Å². The third kappa shape index (κ3) is 3.82. The Balaban J connectivity index is 1.90. The third-order valence-corrected chi connectivity index (χ3v) is 4.00. The second kappa shape index (κ2) is 8.00. The molecule has 0 spiro atoms. The number of rotatable bonds is 5. The first-order valence-electron chi connectivity index (χ1n) is 7.81. The summed E-state index contributed by atoms with van der Waals surface area (Å²) in [7, 11) is 4.63. The van der Waals surface area contributed by atoms with Crippen LogP contribution in [0.1, 0.15) is 17.2 Å². The minimum absolute atomic E-state index is 0.281. The van der Waals surface area contributed by atoms with Crippen molar-refractivity contribution >= 4 is 29.5 Å². The molecule has 0 radical (unpaired) electrons. The van der Waals surface area contributed by atoms with Gasteiger partial charge in [-0.3, -0.25) is 0 Å². The fourth-order valence-corrected chi connectivity index (χ4v) is 2.64. The molecule has 9 nitrogen and oxygen atoms in total. The second-order valence-electron chi connectivity index (χ2n) is 5.41. The van der Waals surface area contributed by atoms with Crippen molar-refractivity contribution in [1.82, 2.24) is 10.2 Å². The van der Waals surface area contributed by atoms with Crippen LogP contribution in [0.2, 0.25) is 5.15 Å². The first-order chi connectivity index (χ1) is 13.1. The van der Waals surface area contributed by atoms with Gasteiger partial charge in [-0.15, -0.1) is 15.3 Å². The quantitative estimate of drug-likeness (QED) is 0.783. The first kappa shape index (κ1) is 18.6. The highest BCUT2D eigenvalue weighted by atomic mass is 35.5. The molecule has 1 aromatic heterocycles. The van der Waals surface area contributed by atoms with Crippen molar-refractivity contribution in [2.45, 2.75) is 5.92 Å². The molecular weight excluding hydrogens is 372 g/mol. The summed E-state index contributed by atoms with van der Waals surface area (Å²) in [5.41, 5.74) is 7.22. The Morgan fingerprint density at radius 2 is 1.74 bits per heavy atom. The molecular formula is C17H17ClN6O3. The zero-order valence-corrected chi connectivity index (χ0v) is 15.6. The number of aliphatic imine (C=N–C) groups is 1. The molecule has 27 heavy (non-hydrogen) atoms. The van der Waals surface area contributed by atoms with Gasteiger partial charge in [-0.1, -0.05) is 11.6 Å². The lowest BCUT2D eigenvalue weighted by molar-refractivity contribution is 0.324. The van der Waals surface area contributed by atoms with Gasteiger partial charge in [-0.05, 0) is 24.3 Å². The zero-order valence-electron chi connectivity index (χ0n) is 14.9. The predicted octanol–water partition coefficient (Wildman–Crippen LogP) is 2.04. The molecule has 0 saturated carbocycles. The van der Waals surface area contributed by atoms with Gasteiger partial charge in [-0.2, -0.15) is 5.10 Å². The van der Waals surface area contributed by atoms with Gasteiger partial charge in [0.25, 0.3) is 0 Å². The lowest BCUT2D eigenvalue weighted by atomic mass is 10.0. The normalized spacial score (nSPS) is 16.2. The number of benzene rings is 1. The minimum Gasteiger partial charge on any atom is -0.493 e. The molecule has 0 amide bonds. The average molecular weight is 389 g/mol. The first-order valence-corrected chi connectivity index (χ1v) is 8.19. The SMILES string of the molecule is COc1cc(C=NC2=NN=C(N)C2c2ccc(Cl)nn2)cc(OC)c1OC. The van der Waals surface area contributed by atoms with Crippen molar-refractivity contribution in [3.63, 3.8) is 0 Å². The van der Waals surface area contributed by atoms with Crippen molar-refractivity contribution < 1.29 is 14.2 Å². The van der Waals surface area contributed by atoms with Gasteiger partial charge in [0.05, 0.1) is 27.0 Å². The topological polar surface area (TPSA) is 117 Å². The molecule has 10 heteroatoms. The molecule has 1 unspecified atom stereocenters. The molecule has 3 rings (SSSR count). The van der Waals surface area contributed by atoms with Crippen molar-refractivity contribution in [2.75, 3.05) is 21.3 Å². The van der Waals surface area contributed by atoms with E-state index in [4.69, 9.17) is 31.5 Å². The van der Waals surface area contributed by atoms with Crippen LogP contribution in [0, 0.1) is 0 Å². The van der Waals surface area contributed by atoms with Gasteiger partial charge < -0.3 is 19.9 Å². The highest BCUT2D eigenvalue weighted by Gasteiger charge is 2.28. The van der Waals surface area contributed by atoms with Crippen LogP contribution >= 0.6 is 11.6 Å². The standard InChI is InChI=1S/C17H17ClN6O3/c1-25-11-6-9(7-12(26-2)15(11)27-3)8-20-17-14(16(19)23-24-17)10-4-5-13(18)22-21-10/h4-8,14H,1-3H3,(H2,19,23).